The molecule has 0 aliphatic rings. The lowest BCUT2D eigenvalue weighted by Crippen LogP contribution is -2.32. The van der Waals surface area contributed by atoms with Crippen molar-refractivity contribution in [2.75, 3.05) is 6.54 Å². The Morgan fingerprint density at radius 3 is 2.87 bits per heavy atom. The van der Waals surface area contributed by atoms with Crippen molar-refractivity contribution in [1.82, 2.24) is 9.88 Å². The molecule has 0 bridgehead atoms. The van der Waals surface area contributed by atoms with Crippen LogP contribution in [0.4, 0.5) is 0 Å². The summed E-state index contributed by atoms with van der Waals surface area (Å²) in [5.41, 5.74) is 2.12. The first-order valence-electron chi connectivity index (χ1n) is 8.13. The van der Waals surface area contributed by atoms with Gasteiger partial charge in [-0.1, -0.05) is 31.5 Å². The fraction of sp³-hybridized carbons (Fsp3) is 0.316. The van der Waals surface area contributed by atoms with Gasteiger partial charge in [-0.25, -0.2) is 0 Å². The average molecular weight is 310 g/mol. The quantitative estimate of drug-likeness (QED) is 0.713. The first-order chi connectivity index (χ1) is 11.3. The van der Waals surface area contributed by atoms with Crippen molar-refractivity contribution in [2.24, 2.45) is 0 Å². The number of hydrogen-bond donors (Lipinski definition) is 1. The van der Waals surface area contributed by atoms with Crippen molar-refractivity contribution in [1.29, 1.82) is 0 Å². The van der Waals surface area contributed by atoms with Crippen LogP contribution in [0.15, 0.2) is 53.3 Å². The molecule has 4 heteroatoms. The number of furan rings is 1. The highest BCUT2D eigenvalue weighted by Gasteiger charge is 2.17. The summed E-state index contributed by atoms with van der Waals surface area (Å²) in [6.07, 6.45) is 6.06. The molecule has 0 spiro atoms. The first kappa shape index (κ1) is 15.4. The number of carbonyl (C=O) groups is 1. The third kappa shape index (κ3) is 3.65. The molecule has 0 aliphatic carbocycles. The molecule has 0 saturated carbocycles. The summed E-state index contributed by atoms with van der Waals surface area (Å²) in [5, 5.41) is 1.12. The maximum Gasteiger partial charge on any atom is 0.227 e. The van der Waals surface area contributed by atoms with Crippen LogP contribution in [0, 0.1) is 0 Å². The second-order valence-corrected chi connectivity index (χ2v) is 5.78. The molecule has 0 atom stereocenters. The van der Waals surface area contributed by atoms with Crippen molar-refractivity contribution < 1.29 is 9.21 Å². The normalized spacial score (nSPS) is 11.0. The lowest BCUT2D eigenvalue weighted by molar-refractivity contribution is -0.131. The van der Waals surface area contributed by atoms with Crippen LogP contribution >= 0.6 is 0 Å². The van der Waals surface area contributed by atoms with E-state index in [0.29, 0.717) is 13.0 Å². The second kappa shape index (κ2) is 7.18. The third-order valence-electron chi connectivity index (χ3n) is 4.08. The molecule has 0 unspecified atom stereocenters. The molecule has 0 saturated heterocycles. The van der Waals surface area contributed by atoms with E-state index in [9.17, 15) is 4.79 Å². The highest BCUT2D eigenvalue weighted by atomic mass is 16.3. The van der Waals surface area contributed by atoms with Gasteiger partial charge in [0, 0.05) is 23.6 Å². The topological polar surface area (TPSA) is 49.2 Å². The summed E-state index contributed by atoms with van der Waals surface area (Å²) in [6, 6.07) is 11.9. The van der Waals surface area contributed by atoms with E-state index in [4.69, 9.17) is 4.42 Å². The third-order valence-corrected chi connectivity index (χ3v) is 4.08. The van der Waals surface area contributed by atoms with E-state index in [1.165, 1.54) is 0 Å². The van der Waals surface area contributed by atoms with Gasteiger partial charge in [-0.3, -0.25) is 4.79 Å². The fourth-order valence-electron chi connectivity index (χ4n) is 2.78. The molecule has 23 heavy (non-hydrogen) atoms. The van der Waals surface area contributed by atoms with Crippen molar-refractivity contribution in [3.05, 3.63) is 60.2 Å². The van der Waals surface area contributed by atoms with E-state index in [1.807, 2.05) is 41.4 Å². The Kier molecular flexibility index (Phi) is 4.81. The van der Waals surface area contributed by atoms with Crippen molar-refractivity contribution in [2.45, 2.75) is 32.7 Å². The Balaban J connectivity index is 1.74. The van der Waals surface area contributed by atoms with E-state index in [0.717, 1.165) is 41.6 Å². The molecule has 2 aromatic heterocycles. The average Bonchev–Trinajstić information content (AvgIpc) is 3.21. The van der Waals surface area contributed by atoms with Crippen LogP contribution in [0.5, 0.6) is 0 Å². The number of nitrogens with one attached hydrogen (secondary N) is 1. The van der Waals surface area contributed by atoms with Crippen molar-refractivity contribution in [3.63, 3.8) is 0 Å². The zero-order chi connectivity index (χ0) is 16.1. The van der Waals surface area contributed by atoms with E-state index in [1.54, 1.807) is 6.26 Å². The van der Waals surface area contributed by atoms with Gasteiger partial charge >= 0.3 is 0 Å². The number of fused-ring (bicyclic) bond motifs is 1. The molecule has 120 valence electrons. The fourth-order valence-corrected chi connectivity index (χ4v) is 2.78. The van der Waals surface area contributed by atoms with E-state index >= 15 is 0 Å². The molecular weight excluding hydrogens is 288 g/mol. The molecule has 3 aromatic rings. The maximum atomic E-state index is 12.8. The highest BCUT2D eigenvalue weighted by molar-refractivity contribution is 5.88. The van der Waals surface area contributed by atoms with Gasteiger partial charge in [0.05, 0.1) is 19.2 Å². The smallest absolute Gasteiger partial charge is 0.227 e. The number of unbranched alkanes of at least 4 members (excludes halogenated alkanes) is 1. The number of nitrogens with zero attached hydrogens (tertiary/aromatic N) is 1. The van der Waals surface area contributed by atoms with Gasteiger partial charge in [0.1, 0.15) is 5.76 Å². The molecule has 0 fully saturated rings. The molecule has 4 nitrogen and oxygen atoms in total. The molecule has 0 aliphatic heterocycles. The summed E-state index contributed by atoms with van der Waals surface area (Å²) < 4.78 is 5.40. The molecule has 0 radical (unpaired) electrons. The Morgan fingerprint density at radius 2 is 2.09 bits per heavy atom. The van der Waals surface area contributed by atoms with Crippen LogP contribution in [0.2, 0.25) is 0 Å². The van der Waals surface area contributed by atoms with Gasteiger partial charge in [-0.15, -0.1) is 0 Å². The lowest BCUT2D eigenvalue weighted by Gasteiger charge is -2.21. The number of hydrogen-bond acceptors (Lipinski definition) is 2. The maximum absolute atomic E-state index is 12.8. The number of aromatic nitrogens is 1. The largest absolute Gasteiger partial charge is 0.467 e. The van der Waals surface area contributed by atoms with Gasteiger partial charge in [0.15, 0.2) is 0 Å². The standard InChI is InChI=1S/C19H22N2O2/c1-2-3-10-21(14-16-7-6-11-23-16)19(22)12-15-13-20-18-9-5-4-8-17(15)18/h4-9,11,13,20H,2-3,10,12,14H2,1H3. The predicted molar refractivity (Wildman–Crippen MR) is 91.0 cm³/mol. The van der Waals surface area contributed by atoms with Gasteiger partial charge < -0.3 is 14.3 Å². The van der Waals surface area contributed by atoms with Gasteiger partial charge in [-0.05, 0) is 30.2 Å². The first-order valence-corrected chi connectivity index (χ1v) is 8.13. The molecule has 1 aromatic carbocycles. The molecule has 1 amide bonds. The summed E-state index contributed by atoms with van der Waals surface area (Å²) in [4.78, 5) is 17.9. The Morgan fingerprint density at radius 1 is 1.22 bits per heavy atom. The van der Waals surface area contributed by atoms with Crippen molar-refractivity contribution in [3.8, 4) is 0 Å². The minimum Gasteiger partial charge on any atom is -0.467 e. The summed E-state index contributed by atoms with van der Waals surface area (Å²) in [5.74, 6) is 0.966. The molecular formula is C19H22N2O2. The lowest BCUT2D eigenvalue weighted by atomic mass is 10.1. The van der Waals surface area contributed by atoms with Crippen LogP contribution in [0.25, 0.3) is 10.9 Å². The molecule has 1 N–H and O–H groups in total. The predicted octanol–water partition coefficient (Wildman–Crippen LogP) is 4.13. The zero-order valence-electron chi connectivity index (χ0n) is 13.4. The van der Waals surface area contributed by atoms with Gasteiger partial charge in [-0.2, -0.15) is 0 Å². The minimum atomic E-state index is 0.139. The van der Waals surface area contributed by atoms with Crippen molar-refractivity contribution >= 4 is 16.8 Å². The SMILES string of the molecule is CCCCN(Cc1ccco1)C(=O)Cc1c[nH]c2ccccc12. The number of amides is 1. The van der Waals surface area contributed by atoms with Crippen LogP contribution in [-0.2, 0) is 17.8 Å². The van der Waals surface area contributed by atoms with Gasteiger partial charge in [0.2, 0.25) is 5.91 Å². The Bertz CT molecular complexity index is 759. The van der Waals surface area contributed by atoms with Crippen LogP contribution in [-0.4, -0.2) is 22.3 Å². The molecule has 3 rings (SSSR count). The number of benzene rings is 1. The van der Waals surface area contributed by atoms with Gasteiger partial charge in [0.25, 0.3) is 0 Å². The summed E-state index contributed by atoms with van der Waals surface area (Å²) in [7, 11) is 0. The van der Waals surface area contributed by atoms with Crippen LogP contribution < -0.4 is 0 Å². The number of carbonyl (C=O) groups excluding carboxylic acids is 1. The number of rotatable bonds is 7. The number of H-pyrrole nitrogens is 1. The van der Waals surface area contributed by atoms with E-state index in [-0.39, 0.29) is 5.91 Å². The van der Waals surface area contributed by atoms with Crippen LogP contribution in [0.1, 0.15) is 31.1 Å². The number of para-hydroxylation sites is 1. The van der Waals surface area contributed by atoms with E-state index < -0.39 is 0 Å². The van der Waals surface area contributed by atoms with Crippen LogP contribution in [0.3, 0.4) is 0 Å². The minimum absolute atomic E-state index is 0.139. The Hall–Kier alpha value is -2.49. The van der Waals surface area contributed by atoms with E-state index in [2.05, 4.69) is 18.0 Å². The zero-order valence-corrected chi connectivity index (χ0v) is 13.4. The number of aromatic amines is 1. The monoisotopic (exact) mass is 310 g/mol. The highest BCUT2D eigenvalue weighted by Crippen LogP contribution is 2.19. The molecule has 2 heterocycles. The second-order valence-electron chi connectivity index (χ2n) is 5.78. The Labute approximate surface area is 136 Å². The summed E-state index contributed by atoms with van der Waals surface area (Å²) >= 11 is 0. The summed E-state index contributed by atoms with van der Waals surface area (Å²) in [6.45, 7) is 3.43.